The lowest BCUT2D eigenvalue weighted by Gasteiger charge is -2.15. The van der Waals surface area contributed by atoms with Crippen LogP contribution in [-0.4, -0.2) is 27.1 Å². The van der Waals surface area contributed by atoms with Crippen LogP contribution in [0.3, 0.4) is 0 Å². The molecule has 1 atom stereocenters. The number of thioether (sulfide) groups is 2. The number of nitrogens with zero attached hydrogens (tertiary/aromatic N) is 2. The SMILES string of the molecule is CCSc1nnc(SC(C)C(=O)Nc2ccccc2C(F)(F)F)s1. The fraction of sp³-hybridized carbons (Fsp3) is 0.357. The van der Waals surface area contributed by atoms with E-state index in [1.807, 2.05) is 6.92 Å². The number of amides is 1. The van der Waals surface area contributed by atoms with Crippen molar-refractivity contribution in [3.8, 4) is 0 Å². The topological polar surface area (TPSA) is 54.9 Å². The molecular formula is C14H14F3N3OS3. The van der Waals surface area contributed by atoms with Gasteiger partial charge >= 0.3 is 6.18 Å². The Morgan fingerprint density at radius 3 is 2.62 bits per heavy atom. The van der Waals surface area contributed by atoms with Crippen molar-refractivity contribution in [2.75, 3.05) is 11.1 Å². The van der Waals surface area contributed by atoms with E-state index >= 15 is 0 Å². The number of para-hydroxylation sites is 1. The lowest BCUT2D eigenvalue weighted by Crippen LogP contribution is -2.24. The monoisotopic (exact) mass is 393 g/mol. The van der Waals surface area contributed by atoms with Crippen LogP contribution in [0.15, 0.2) is 32.9 Å². The third-order valence-electron chi connectivity index (χ3n) is 2.79. The number of carbonyl (C=O) groups excluding carboxylic acids is 1. The maximum Gasteiger partial charge on any atom is 0.418 e. The third kappa shape index (κ3) is 5.12. The standard InChI is InChI=1S/C14H14F3N3OS3/c1-3-22-12-19-20-13(24-12)23-8(2)11(21)18-10-7-5-4-6-9(10)14(15,16)17/h4-8H,3H2,1-2H3,(H,18,21). The molecule has 2 rings (SSSR count). The van der Waals surface area contributed by atoms with Crippen LogP contribution in [0.25, 0.3) is 0 Å². The van der Waals surface area contributed by atoms with Gasteiger partial charge in [0, 0.05) is 0 Å². The van der Waals surface area contributed by atoms with E-state index in [0.717, 1.165) is 16.2 Å². The fourth-order valence-electron chi connectivity index (χ4n) is 1.71. The molecule has 0 aliphatic rings. The van der Waals surface area contributed by atoms with E-state index in [1.165, 1.54) is 41.3 Å². The number of halogens is 3. The Morgan fingerprint density at radius 2 is 1.96 bits per heavy atom. The van der Waals surface area contributed by atoms with E-state index in [1.54, 1.807) is 18.7 Å². The van der Waals surface area contributed by atoms with Gasteiger partial charge in [-0.15, -0.1) is 10.2 Å². The van der Waals surface area contributed by atoms with Gasteiger partial charge in [0.1, 0.15) is 0 Å². The molecule has 0 saturated carbocycles. The molecule has 0 fully saturated rings. The molecule has 130 valence electrons. The number of benzene rings is 1. The van der Waals surface area contributed by atoms with Crippen molar-refractivity contribution in [3.63, 3.8) is 0 Å². The molecule has 0 saturated heterocycles. The van der Waals surface area contributed by atoms with Crippen molar-refractivity contribution in [3.05, 3.63) is 29.8 Å². The normalized spacial score (nSPS) is 12.9. The Labute approximate surface area is 149 Å². The van der Waals surface area contributed by atoms with Crippen LogP contribution in [0.4, 0.5) is 18.9 Å². The van der Waals surface area contributed by atoms with Crippen LogP contribution in [-0.2, 0) is 11.0 Å². The summed E-state index contributed by atoms with van der Waals surface area (Å²) in [5, 5.41) is 9.69. The van der Waals surface area contributed by atoms with Gasteiger partial charge in [-0.2, -0.15) is 13.2 Å². The minimum Gasteiger partial charge on any atom is -0.325 e. The van der Waals surface area contributed by atoms with Crippen molar-refractivity contribution < 1.29 is 18.0 Å². The maximum atomic E-state index is 12.9. The summed E-state index contributed by atoms with van der Waals surface area (Å²) in [6, 6.07) is 4.90. The average molecular weight is 393 g/mol. The molecular weight excluding hydrogens is 379 g/mol. The van der Waals surface area contributed by atoms with E-state index in [9.17, 15) is 18.0 Å². The zero-order chi connectivity index (χ0) is 17.7. The fourth-order valence-corrected chi connectivity index (χ4v) is 4.77. The number of anilines is 1. The first-order valence-corrected chi connectivity index (χ1v) is 9.59. The predicted molar refractivity (Wildman–Crippen MR) is 91.7 cm³/mol. The van der Waals surface area contributed by atoms with Crippen LogP contribution in [0.2, 0.25) is 0 Å². The van der Waals surface area contributed by atoms with E-state index < -0.39 is 22.9 Å². The lowest BCUT2D eigenvalue weighted by atomic mass is 10.1. The van der Waals surface area contributed by atoms with Crippen molar-refractivity contribution in [1.82, 2.24) is 10.2 Å². The summed E-state index contributed by atoms with van der Waals surface area (Å²) >= 11 is 4.07. The molecule has 1 N–H and O–H groups in total. The molecule has 10 heteroatoms. The van der Waals surface area contributed by atoms with Crippen molar-refractivity contribution in [2.45, 2.75) is 34.0 Å². The second-order valence-corrected chi connectivity index (χ2v) is 8.64. The Bertz CT molecular complexity index is 706. The first-order valence-electron chi connectivity index (χ1n) is 6.91. The highest BCUT2D eigenvalue weighted by Gasteiger charge is 2.34. The van der Waals surface area contributed by atoms with Crippen LogP contribution < -0.4 is 5.32 Å². The molecule has 0 bridgehead atoms. The van der Waals surface area contributed by atoms with E-state index in [-0.39, 0.29) is 5.69 Å². The highest BCUT2D eigenvalue weighted by Crippen LogP contribution is 2.35. The number of hydrogen-bond acceptors (Lipinski definition) is 6. The van der Waals surface area contributed by atoms with Crippen LogP contribution in [0, 0.1) is 0 Å². The Hall–Kier alpha value is -1.26. The van der Waals surface area contributed by atoms with Crippen LogP contribution >= 0.6 is 34.9 Å². The summed E-state index contributed by atoms with van der Waals surface area (Å²) < 4.78 is 40.2. The molecule has 1 aromatic heterocycles. The highest BCUT2D eigenvalue weighted by atomic mass is 32.2. The summed E-state index contributed by atoms with van der Waals surface area (Å²) in [6.07, 6.45) is -4.52. The van der Waals surface area contributed by atoms with Gasteiger partial charge in [0.2, 0.25) is 5.91 Å². The largest absolute Gasteiger partial charge is 0.418 e. The van der Waals surface area contributed by atoms with E-state index in [4.69, 9.17) is 0 Å². The van der Waals surface area contributed by atoms with Gasteiger partial charge in [0.25, 0.3) is 0 Å². The van der Waals surface area contributed by atoms with Gasteiger partial charge in [0.15, 0.2) is 8.68 Å². The first-order chi connectivity index (χ1) is 11.3. The molecule has 1 aromatic carbocycles. The van der Waals surface area contributed by atoms with Gasteiger partial charge in [0.05, 0.1) is 16.5 Å². The third-order valence-corrected chi connectivity index (χ3v) is 5.92. The number of aromatic nitrogens is 2. The molecule has 24 heavy (non-hydrogen) atoms. The predicted octanol–water partition coefficient (Wildman–Crippen LogP) is 4.79. The quantitative estimate of drug-likeness (QED) is 0.715. The number of rotatable bonds is 6. The summed E-state index contributed by atoms with van der Waals surface area (Å²) in [5.41, 5.74) is -1.12. The van der Waals surface area contributed by atoms with Crippen LogP contribution in [0.1, 0.15) is 19.4 Å². The van der Waals surface area contributed by atoms with Crippen molar-refractivity contribution in [1.29, 1.82) is 0 Å². The van der Waals surface area contributed by atoms with Crippen LogP contribution in [0.5, 0.6) is 0 Å². The average Bonchev–Trinajstić information content (AvgIpc) is 2.94. The first kappa shape index (κ1) is 19.1. The van der Waals surface area contributed by atoms with Gasteiger partial charge in [-0.3, -0.25) is 4.79 Å². The second-order valence-electron chi connectivity index (χ2n) is 4.56. The van der Waals surface area contributed by atoms with Crippen molar-refractivity contribution in [2.24, 2.45) is 0 Å². The smallest absolute Gasteiger partial charge is 0.325 e. The van der Waals surface area contributed by atoms with E-state index in [2.05, 4.69) is 15.5 Å². The summed E-state index contributed by atoms with van der Waals surface area (Å²) in [4.78, 5) is 12.2. The van der Waals surface area contributed by atoms with Gasteiger partial charge in [-0.25, -0.2) is 0 Å². The molecule has 4 nitrogen and oxygen atoms in total. The zero-order valence-corrected chi connectivity index (χ0v) is 15.2. The summed E-state index contributed by atoms with van der Waals surface area (Å²) in [6.45, 7) is 3.61. The van der Waals surface area contributed by atoms with E-state index in [0.29, 0.717) is 4.34 Å². The number of carbonyl (C=O) groups is 1. The molecule has 0 aliphatic heterocycles. The van der Waals surface area contributed by atoms with Crippen molar-refractivity contribution >= 4 is 46.5 Å². The minimum absolute atomic E-state index is 0.248. The molecule has 1 heterocycles. The molecule has 1 amide bonds. The lowest BCUT2D eigenvalue weighted by molar-refractivity contribution is -0.137. The second kappa shape index (κ2) is 8.21. The molecule has 1 unspecified atom stereocenters. The zero-order valence-electron chi connectivity index (χ0n) is 12.8. The number of hydrogen-bond donors (Lipinski definition) is 1. The van der Waals surface area contributed by atoms with Gasteiger partial charge in [-0.05, 0) is 24.8 Å². The van der Waals surface area contributed by atoms with Gasteiger partial charge < -0.3 is 5.32 Å². The molecule has 2 aromatic rings. The van der Waals surface area contributed by atoms with Gasteiger partial charge in [-0.1, -0.05) is 53.9 Å². The maximum absolute atomic E-state index is 12.9. The molecule has 0 spiro atoms. The summed E-state index contributed by atoms with van der Waals surface area (Å²) in [7, 11) is 0. The minimum atomic E-state index is -4.52. The Morgan fingerprint density at radius 1 is 1.29 bits per heavy atom. The highest BCUT2D eigenvalue weighted by molar-refractivity contribution is 8.03. The Balaban J connectivity index is 2.04. The summed E-state index contributed by atoms with van der Waals surface area (Å²) in [5.74, 6) is 0.348. The molecule has 0 aliphatic carbocycles. The number of alkyl halides is 3. The Kier molecular flexibility index (Phi) is 6.53. The number of nitrogens with one attached hydrogen (secondary N) is 1. The molecule has 0 radical (unpaired) electrons.